The highest BCUT2D eigenvalue weighted by Crippen LogP contribution is 2.37. The molecule has 0 saturated carbocycles. The van der Waals surface area contributed by atoms with Crippen LogP contribution in [0.5, 0.6) is 11.5 Å². The minimum Gasteiger partial charge on any atom is -0.492 e. The smallest absolute Gasteiger partial charge is 0.231 e. The van der Waals surface area contributed by atoms with Crippen LogP contribution in [0.2, 0.25) is 5.02 Å². The molecule has 0 aliphatic carbocycles. The lowest BCUT2D eigenvalue weighted by Crippen LogP contribution is -2.32. The Labute approximate surface area is 154 Å². The van der Waals surface area contributed by atoms with Crippen LogP contribution in [0.1, 0.15) is 12.5 Å². The van der Waals surface area contributed by atoms with E-state index in [-0.39, 0.29) is 11.8 Å². The Morgan fingerprint density at radius 3 is 3.00 bits per heavy atom. The highest BCUT2D eigenvalue weighted by molar-refractivity contribution is 9.10. The lowest BCUT2D eigenvalue weighted by atomic mass is 9.96. The highest BCUT2D eigenvalue weighted by atomic mass is 79.9. The van der Waals surface area contributed by atoms with Gasteiger partial charge in [-0.3, -0.25) is 4.79 Å². The molecule has 24 heavy (non-hydrogen) atoms. The number of fused-ring (bicyclic) bond motifs is 1. The lowest BCUT2D eigenvalue weighted by Gasteiger charge is -2.25. The molecule has 0 radical (unpaired) electrons. The van der Waals surface area contributed by atoms with E-state index in [2.05, 4.69) is 21.2 Å². The molecule has 1 aliphatic rings. The number of rotatable bonds is 4. The molecule has 0 saturated heterocycles. The van der Waals surface area contributed by atoms with Gasteiger partial charge in [0.1, 0.15) is 12.4 Å². The van der Waals surface area contributed by atoms with E-state index in [1.165, 1.54) is 0 Å². The molecular formula is C18H17BrClNO3. The summed E-state index contributed by atoms with van der Waals surface area (Å²) in [7, 11) is 0. The number of amides is 1. The fourth-order valence-electron chi connectivity index (χ4n) is 2.68. The molecule has 0 fully saturated rings. The van der Waals surface area contributed by atoms with Gasteiger partial charge in [-0.2, -0.15) is 0 Å². The summed E-state index contributed by atoms with van der Waals surface area (Å²) in [4.78, 5) is 12.7. The number of carbonyl (C=O) groups is 1. The van der Waals surface area contributed by atoms with Gasteiger partial charge >= 0.3 is 0 Å². The maximum absolute atomic E-state index is 12.7. The van der Waals surface area contributed by atoms with Gasteiger partial charge in [0.05, 0.1) is 22.7 Å². The first kappa shape index (κ1) is 17.1. The van der Waals surface area contributed by atoms with Gasteiger partial charge in [-0.05, 0) is 53.0 Å². The zero-order chi connectivity index (χ0) is 17.1. The Morgan fingerprint density at radius 1 is 1.42 bits per heavy atom. The number of halogens is 2. The molecule has 126 valence electrons. The predicted octanol–water partition coefficient (Wildman–Crippen LogP) is 4.69. The predicted molar refractivity (Wildman–Crippen MR) is 98.1 cm³/mol. The molecule has 0 spiro atoms. The molecule has 1 heterocycles. The molecule has 6 heteroatoms. The quantitative estimate of drug-likeness (QED) is 0.795. The van der Waals surface area contributed by atoms with Crippen molar-refractivity contribution in [2.45, 2.75) is 13.3 Å². The largest absolute Gasteiger partial charge is 0.492 e. The third kappa shape index (κ3) is 3.68. The van der Waals surface area contributed by atoms with Crippen LogP contribution in [0.3, 0.4) is 0 Å². The van der Waals surface area contributed by atoms with E-state index in [9.17, 15) is 4.79 Å². The number of anilines is 1. The molecule has 1 aliphatic heterocycles. The van der Waals surface area contributed by atoms with Crippen molar-refractivity contribution in [2.24, 2.45) is 5.92 Å². The van der Waals surface area contributed by atoms with Crippen molar-refractivity contribution in [2.75, 3.05) is 18.5 Å². The normalized spacial score (nSPS) is 16.0. The summed E-state index contributed by atoms with van der Waals surface area (Å²) in [5.41, 5.74) is 1.60. The van der Waals surface area contributed by atoms with Crippen LogP contribution in [0.25, 0.3) is 0 Å². The first-order chi connectivity index (χ1) is 11.6. The highest BCUT2D eigenvalue weighted by Gasteiger charge is 2.26. The summed E-state index contributed by atoms with van der Waals surface area (Å²) in [6, 6.07) is 11.2. The zero-order valence-electron chi connectivity index (χ0n) is 13.1. The third-order valence-corrected chi connectivity index (χ3v) is 4.61. The van der Waals surface area contributed by atoms with Gasteiger partial charge in [-0.1, -0.05) is 29.8 Å². The second-order valence-corrected chi connectivity index (χ2v) is 6.80. The fourth-order valence-corrected chi connectivity index (χ4v) is 3.60. The Balaban J connectivity index is 1.78. The van der Waals surface area contributed by atoms with Crippen molar-refractivity contribution in [3.8, 4) is 11.5 Å². The molecular weight excluding hydrogens is 394 g/mol. The van der Waals surface area contributed by atoms with Crippen LogP contribution < -0.4 is 14.8 Å². The minimum atomic E-state index is -0.257. The lowest BCUT2D eigenvalue weighted by molar-refractivity contribution is -0.121. The average molecular weight is 411 g/mol. The number of para-hydroxylation sites is 1. The maximum Gasteiger partial charge on any atom is 0.231 e. The van der Waals surface area contributed by atoms with Crippen molar-refractivity contribution in [3.63, 3.8) is 0 Å². The molecule has 0 aromatic heterocycles. The molecule has 2 aromatic rings. The summed E-state index contributed by atoms with van der Waals surface area (Å²) >= 11 is 9.52. The van der Waals surface area contributed by atoms with Crippen LogP contribution in [0.15, 0.2) is 40.9 Å². The van der Waals surface area contributed by atoms with Gasteiger partial charge in [0, 0.05) is 5.02 Å². The SMILES string of the molecule is CCOc1c(Br)cc(Cl)cc1NC(=O)[C@@H]1COc2ccccc2C1. The van der Waals surface area contributed by atoms with Gasteiger partial charge in [-0.15, -0.1) is 0 Å². The second-order valence-electron chi connectivity index (χ2n) is 5.51. The van der Waals surface area contributed by atoms with Crippen molar-refractivity contribution in [1.82, 2.24) is 0 Å². The van der Waals surface area contributed by atoms with Crippen molar-refractivity contribution < 1.29 is 14.3 Å². The molecule has 4 nitrogen and oxygen atoms in total. The van der Waals surface area contributed by atoms with Crippen LogP contribution >= 0.6 is 27.5 Å². The van der Waals surface area contributed by atoms with Crippen molar-refractivity contribution >= 4 is 39.1 Å². The first-order valence-electron chi connectivity index (χ1n) is 7.72. The van der Waals surface area contributed by atoms with Gasteiger partial charge in [0.2, 0.25) is 5.91 Å². The Bertz CT molecular complexity index is 766. The molecule has 0 unspecified atom stereocenters. The molecule has 1 amide bonds. The summed E-state index contributed by atoms with van der Waals surface area (Å²) in [6.07, 6.45) is 0.647. The van der Waals surface area contributed by atoms with Gasteiger partial charge in [0.15, 0.2) is 5.75 Å². The molecule has 1 atom stereocenters. The van der Waals surface area contributed by atoms with E-state index in [0.717, 1.165) is 11.3 Å². The number of hydrogen-bond acceptors (Lipinski definition) is 3. The number of hydrogen-bond donors (Lipinski definition) is 1. The van der Waals surface area contributed by atoms with E-state index < -0.39 is 0 Å². The average Bonchev–Trinajstić information content (AvgIpc) is 2.57. The third-order valence-electron chi connectivity index (χ3n) is 3.80. The number of ether oxygens (including phenoxy) is 2. The van der Waals surface area contributed by atoms with Gasteiger partial charge in [0.25, 0.3) is 0 Å². The van der Waals surface area contributed by atoms with Crippen LogP contribution in [-0.4, -0.2) is 19.1 Å². The minimum absolute atomic E-state index is 0.111. The van der Waals surface area contributed by atoms with E-state index in [1.807, 2.05) is 31.2 Å². The summed E-state index contributed by atoms with van der Waals surface area (Å²) in [5.74, 6) is 1.06. The van der Waals surface area contributed by atoms with Crippen LogP contribution in [0, 0.1) is 5.92 Å². The van der Waals surface area contributed by atoms with E-state index in [4.69, 9.17) is 21.1 Å². The van der Waals surface area contributed by atoms with Crippen molar-refractivity contribution in [3.05, 3.63) is 51.5 Å². The van der Waals surface area contributed by atoms with E-state index in [0.29, 0.717) is 40.6 Å². The van der Waals surface area contributed by atoms with Gasteiger partial charge in [-0.25, -0.2) is 0 Å². The fraction of sp³-hybridized carbons (Fsp3) is 0.278. The summed E-state index contributed by atoms with van der Waals surface area (Å²) < 4.78 is 12.0. The van der Waals surface area contributed by atoms with E-state index in [1.54, 1.807) is 12.1 Å². The van der Waals surface area contributed by atoms with Gasteiger partial charge < -0.3 is 14.8 Å². The second kappa shape index (κ2) is 7.45. The number of carbonyl (C=O) groups excluding carboxylic acids is 1. The molecule has 2 aromatic carbocycles. The first-order valence-corrected chi connectivity index (χ1v) is 8.89. The van der Waals surface area contributed by atoms with Crippen LogP contribution in [0.4, 0.5) is 5.69 Å². The summed E-state index contributed by atoms with van der Waals surface area (Å²) in [6.45, 7) is 2.73. The van der Waals surface area contributed by atoms with E-state index >= 15 is 0 Å². The monoisotopic (exact) mass is 409 g/mol. The molecule has 3 rings (SSSR count). The maximum atomic E-state index is 12.7. The number of benzene rings is 2. The summed E-state index contributed by atoms with van der Waals surface area (Å²) in [5, 5.41) is 3.44. The topological polar surface area (TPSA) is 47.6 Å². The molecule has 1 N–H and O–H groups in total. The standard InChI is InChI=1S/C18H17BrClNO3/c1-2-23-17-14(19)8-13(20)9-15(17)21-18(22)12-7-11-5-3-4-6-16(11)24-10-12/h3-6,8-9,12H,2,7,10H2,1H3,(H,21,22)/t12-/m0/s1. The van der Waals surface area contributed by atoms with Crippen LogP contribution in [-0.2, 0) is 11.2 Å². The molecule has 0 bridgehead atoms. The Kier molecular flexibility index (Phi) is 5.31. The number of nitrogens with one attached hydrogen (secondary N) is 1. The Morgan fingerprint density at radius 2 is 2.21 bits per heavy atom. The van der Waals surface area contributed by atoms with Crippen molar-refractivity contribution in [1.29, 1.82) is 0 Å². The zero-order valence-corrected chi connectivity index (χ0v) is 15.5. The Hall–Kier alpha value is -1.72.